The van der Waals surface area contributed by atoms with Gasteiger partial charge in [0.05, 0.1) is 0 Å². The van der Waals surface area contributed by atoms with Gasteiger partial charge in [-0.15, -0.1) is 0 Å². The summed E-state index contributed by atoms with van der Waals surface area (Å²) in [6, 6.07) is 8.34. The largest absolute Gasteiger partial charge is 0.465 e. The Bertz CT molecular complexity index is 305. The lowest BCUT2D eigenvalue weighted by molar-refractivity contribution is -0.0766. The van der Waals surface area contributed by atoms with E-state index in [1.165, 1.54) is 5.56 Å². The van der Waals surface area contributed by atoms with E-state index >= 15 is 0 Å². The molecule has 2 unspecified atom stereocenters. The van der Waals surface area contributed by atoms with Gasteiger partial charge in [-0.2, -0.15) is 0 Å². The molecule has 0 amide bonds. The molecule has 0 saturated carbocycles. The van der Waals surface area contributed by atoms with Crippen LogP contribution in [0.15, 0.2) is 24.3 Å². The highest BCUT2D eigenvalue weighted by atomic mass is 16.7. The lowest BCUT2D eigenvalue weighted by Crippen LogP contribution is -2.19. The molecule has 0 heterocycles. The second-order valence-corrected chi connectivity index (χ2v) is 4.29. The van der Waals surface area contributed by atoms with Crippen molar-refractivity contribution in [3.05, 3.63) is 29.8 Å². The summed E-state index contributed by atoms with van der Waals surface area (Å²) in [5.74, 6) is 1.50. The van der Waals surface area contributed by atoms with Gasteiger partial charge in [-0.1, -0.05) is 32.9 Å². The van der Waals surface area contributed by atoms with E-state index in [1.54, 1.807) is 0 Å². The molecule has 0 aromatic heterocycles. The Hall–Kier alpha value is -1.02. The molecule has 1 rings (SSSR count). The summed E-state index contributed by atoms with van der Waals surface area (Å²) in [6.07, 6.45) is 1.90. The first-order valence-electron chi connectivity index (χ1n) is 6.59. The summed E-state index contributed by atoms with van der Waals surface area (Å²) in [7, 11) is 0. The van der Waals surface area contributed by atoms with E-state index in [9.17, 15) is 0 Å². The van der Waals surface area contributed by atoms with Crippen molar-refractivity contribution in [1.82, 2.24) is 0 Å². The van der Waals surface area contributed by atoms with E-state index in [0.717, 1.165) is 18.6 Å². The van der Waals surface area contributed by atoms with Gasteiger partial charge in [0.1, 0.15) is 5.75 Å². The summed E-state index contributed by atoms with van der Waals surface area (Å²) in [4.78, 5) is 0. The molecule has 0 aliphatic rings. The molecule has 0 N–H and O–H groups in total. The Morgan fingerprint density at radius 1 is 1.00 bits per heavy atom. The van der Waals surface area contributed by atoms with Crippen LogP contribution in [0.5, 0.6) is 5.75 Å². The third kappa shape index (κ3) is 4.39. The van der Waals surface area contributed by atoms with Crippen LogP contribution >= 0.6 is 0 Å². The number of hydrogen-bond donors (Lipinski definition) is 0. The highest BCUT2D eigenvalue weighted by molar-refractivity contribution is 5.29. The Labute approximate surface area is 105 Å². The minimum atomic E-state index is -0.130. The van der Waals surface area contributed by atoms with Crippen LogP contribution in [0.4, 0.5) is 0 Å². The molecule has 0 saturated heterocycles. The highest BCUT2D eigenvalue weighted by Gasteiger charge is 2.08. The van der Waals surface area contributed by atoms with Gasteiger partial charge in [0, 0.05) is 13.0 Å². The predicted octanol–water partition coefficient (Wildman–Crippen LogP) is 4.35. The lowest BCUT2D eigenvalue weighted by atomic mass is 9.99. The third-order valence-electron chi connectivity index (χ3n) is 3.01. The first-order valence-corrected chi connectivity index (χ1v) is 6.59. The van der Waals surface area contributed by atoms with Crippen LogP contribution in [0.1, 0.15) is 52.0 Å². The molecule has 0 bridgehead atoms. The number of hydrogen-bond acceptors (Lipinski definition) is 2. The molecule has 17 heavy (non-hydrogen) atoms. The zero-order valence-corrected chi connectivity index (χ0v) is 11.4. The predicted molar refractivity (Wildman–Crippen MR) is 71.5 cm³/mol. The van der Waals surface area contributed by atoms with Crippen LogP contribution in [0.3, 0.4) is 0 Å². The van der Waals surface area contributed by atoms with Crippen molar-refractivity contribution in [3.63, 3.8) is 0 Å². The number of benzene rings is 1. The van der Waals surface area contributed by atoms with Crippen LogP contribution in [-0.2, 0) is 4.74 Å². The molecular weight excluding hydrogens is 212 g/mol. The van der Waals surface area contributed by atoms with Gasteiger partial charge in [-0.3, -0.25) is 0 Å². The minimum absolute atomic E-state index is 0.130. The van der Waals surface area contributed by atoms with Crippen molar-refractivity contribution in [2.24, 2.45) is 0 Å². The Kier molecular flexibility index (Phi) is 6.06. The fraction of sp³-hybridized carbons (Fsp3) is 0.600. The first-order chi connectivity index (χ1) is 8.21. The average Bonchev–Trinajstić information content (AvgIpc) is 2.38. The molecule has 96 valence electrons. The van der Waals surface area contributed by atoms with Crippen LogP contribution in [0, 0.1) is 0 Å². The van der Waals surface area contributed by atoms with Gasteiger partial charge in [-0.05, 0) is 37.0 Å². The summed E-state index contributed by atoms with van der Waals surface area (Å²) in [6.45, 7) is 9.18. The molecule has 0 fully saturated rings. The summed E-state index contributed by atoms with van der Waals surface area (Å²) < 4.78 is 11.2. The topological polar surface area (TPSA) is 18.5 Å². The van der Waals surface area contributed by atoms with Crippen LogP contribution < -0.4 is 4.74 Å². The summed E-state index contributed by atoms with van der Waals surface area (Å²) >= 11 is 0. The monoisotopic (exact) mass is 236 g/mol. The van der Waals surface area contributed by atoms with Crippen molar-refractivity contribution in [1.29, 1.82) is 0 Å². The van der Waals surface area contributed by atoms with Gasteiger partial charge in [0.2, 0.25) is 0 Å². The molecule has 2 heteroatoms. The highest BCUT2D eigenvalue weighted by Crippen LogP contribution is 2.22. The van der Waals surface area contributed by atoms with Crippen LogP contribution in [-0.4, -0.2) is 12.9 Å². The van der Waals surface area contributed by atoms with Crippen molar-refractivity contribution < 1.29 is 9.47 Å². The first kappa shape index (κ1) is 14.0. The molecule has 0 aliphatic heterocycles. The molecule has 0 aliphatic carbocycles. The molecule has 2 atom stereocenters. The summed E-state index contributed by atoms with van der Waals surface area (Å²) in [5, 5.41) is 0. The fourth-order valence-corrected chi connectivity index (χ4v) is 1.68. The Balaban J connectivity index is 2.61. The normalized spacial score (nSPS) is 14.4. The second kappa shape index (κ2) is 7.33. The van der Waals surface area contributed by atoms with Crippen molar-refractivity contribution >= 4 is 0 Å². The smallest absolute Gasteiger partial charge is 0.199 e. The molecule has 2 nitrogen and oxygen atoms in total. The fourth-order valence-electron chi connectivity index (χ4n) is 1.68. The zero-order chi connectivity index (χ0) is 12.7. The van der Waals surface area contributed by atoms with Crippen LogP contribution in [0.25, 0.3) is 0 Å². The average molecular weight is 236 g/mol. The minimum Gasteiger partial charge on any atom is -0.465 e. The van der Waals surface area contributed by atoms with Gasteiger partial charge >= 0.3 is 0 Å². The SMILES string of the molecule is CCOC(CC)Oc1ccc(C(C)CC)cc1. The molecule has 0 spiro atoms. The maximum absolute atomic E-state index is 5.75. The maximum Gasteiger partial charge on any atom is 0.199 e. The number of rotatable bonds is 7. The lowest BCUT2D eigenvalue weighted by Gasteiger charge is -2.17. The molecular formula is C15H24O2. The van der Waals surface area contributed by atoms with Gasteiger partial charge in [-0.25, -0.2) is 0 Å². The zero-order valence-electron chi connectivity index (χ0n) is 11.4. The second-order valence-electron chi connectivity index (χ2n) is 4.29. The standard InChI is InChI=1S/C15H24O2/c1-5-12(4)13-8-10-14(11-9-13)17-15(6-2)16-7-3/h8-12,15H,5-7H2,1-4H3. The van der Waals surface area contributed by atoms with E-state index in [1.807, 2.05) is 19.1 Å². The third-order valence-corrected chi connectivity index (χ3v) is 3.01. The number of ether oxygens (including phenoxy) is 2. The van der Waals surface area contributed by atoms with Crippen molar-refractivity contribution in [2.45, 2.75) is 52.7 Å². The quantitative estimate of drug-likeness (QED) is 0.655. The van der Waals surface area contributed by atoms with E-state index in [4.69, 9.17) is 9.47 Å². The van der Waals surface area contributed by atoms with Crippen molar-refractivity contribution in [2.75, 3.05) is 6.61 Å². The van der Waals surface area contributed by atoms with Gasteiger partial charge < -0.3 is 9.47 Å². The van der Waals surface area contributed by atoms with Gasteiger partial charge in [0.15, 0.2) is 6.29 Å². The Morgan fingerprint density at radius 2 is 1.65 bits per heavy atom. The molecule has 1 aromatic rings. The maximum atomic E-state index is 5.75. The summed E-state index contributed by atoms with van der Waals surface area (Å²) in [5.41, 5.74) is 1.37. The van der Waals surface area contributed by atoms with E-state index < -0.39 is 0 Å². The van der Waals surface area contributed by atoms with Crippen LogP contribution in [0.2, 0.25) is 0 Å². The van der Waals surface area contributed by atoms with Crippen molar-refractivity contribution in [3.8, 4) is 5.75 Å². The molecule has 0 radical (unpaired) electrons. The molecule has 1 aromatic carbocycles. The van der Waals surface area contributed by atoms with E-state index in [2.05, 4.69) is 32.9 Å². The Morgan fingerprint density at radius 3 is 2.12 bits per heavy atom. The van der Waals surface area contributed by atoms with E-state index in [0.29, 0.717) is 12.5 Å². The van der Waals surface area contributed by atoms with E-state index in [-0.39, 0.29) is 6.29 Å². The van der Waals surface area contributed by atoms with Gasteiger partial charge in [0.25, 0.3) is 0 Å².